The Labute approximate surface area is 177 Å². The minimum atomic E-state index is -0.732. The van der Waals surface area contributed by atoms with Crippen LogP contribution in [0.25, 0.3) is 0 Å². The highest BCUT2D eigenvalue weighted by Gasteiger charge is 2.32. The lowest BCUT2D eigenvalue weighted by atomic mass is 9.89. The average Bonchev–Trinajstić information content (AvgIpc) is 2.81. The Morgan fingerprint density at radius 1 is 0.833 bits per heavy atom. The van der Waals surface area contributed by atoms with Gasteiger partial charge in [0.05, 0.1) is 18.6 Å². The minimum Gasteiger partial charge on any atom is -0.497 e. The van der Waals surface area contributed by atoms with E-state index in [0.29, 0.717) is 23.7 Å². The number of ketones is 1. The van der Waals surface area contributed by atoms with Gasteiger partial charge in [0.2, 0.25) is 0 Å². The highest BCUT2D eigenvalue weighted by atomic mass is 16.7. The lowest BCUT2D eigenvalue weighted by Gasteiger charge is -2.25. The molecule has 0 aliphatic heterocycles. The second-order valence-electron chi connectivity index (χ2n) is 6.73. The monoisotopic (exact) mass is 406 g/mol. The zero-order valence-corrected chi connectivity index (χ0v) is 17.4. The van der Waals surface area contributed by atoms with Crippen LogP contribution in [0.15, 0.2) is 78.9 Å². The number of methoxy groups -OCH3 is 3. The van der Waals surface area contributed by atoms with Crippen molar-refractivity contribution < 1.29 is 23.7 Å². The Morgan fingerprint density at radius 3 is 2.07 bits per heavy atom. The summed E-state index contributed by atoms with van der Waals surface area (Å²) < 4.78 is 22.3. The van der Waals surface area contributed by atoms with E-state index in [1.165, 1.54) is 14.2 Å². The molecule has 0 N–H and O–H groups in total. The van der Waals surface area contributed by atoms with E-state index in [1.807, 2.05) is 60.7 Å². The molecule has 0 saturated heterocycles. The van der Waals surface area contributed by atoms with E-state index in [0.717, 1.165) is 11.1 Å². The second-order valence-corrected chi connectivity index (χ2v) is 6.73. The van der Waals surface area contributed by atoms with Crippen LogP contribution in [0.4, 0.5) is 0 Å². The van der Waals surface area contributed by atoms with Gasteiger partial charge in [-0.1, -0.05) is 60.7 Å². The van der Waals surface area contributed by atoms with Gasteiger partial charge in [0, 0.05) is 20.3 Å². The van der Waals surface area contributed by atoms with Gasteiger partial charge < -0.3 is 18.9 Å². The maximum atomic E-state index is 13.7. The zero-order valence-electron chi connectivity index (χ0n) is 17.4. The Bertz CT molecular complexity index is 936. The van der Waals surface area contributed by atoms with Gasteiger partial charge in [-0.15, -0.1) is 0 Å². The number of ether oxygens (including phenoxy) is 4. The predicted octanol–water partition coefficient (Wildman–Crippen LogP) is 4.86. The van der Waals surface area contributed by atoms with Crippen molar-refractivity contribution in [2.45, 2.75) is 18.8 Å². The van der Waals surface area contributed by atoms with Crippen LogP contribution in [-0.4, -0.2) is 33.4 Å². The Balaban J connectivity index is 1.97. The Morgan fingerprint density at radius 2 is 1.47 bits per heavy atom. The van der Waals surface area contributed by atoms with E-state index in [2.05, 4.69) is 0 Å². The molecule has 0 saturated carbocycles. The standard InChI is InChI=1S/C25H26O5/c1-27-20-14-15-21(22(16-20)30-17-18-10-6-4-7-11-18)24(26)23(25(28-2)29-3)19-12-8-5-9-13-19/h4-16,23,25H,17H2,1-3H3. The van der Waals surface area contributed by atoms with Crippen molar-refractivity contribution in [2.75, 3.05) is 21.3 Å². The van der Waals surface area contributed by atoms with Crippen molar-refractivity contribution in [1.29, 1.82) is 0 Å². The number of carbonyl (C=O) groups is 1. The topological polar surface area (TPSA) is 54.0 Å². The molecule has 5 nitrogen and oxygen atoms in total. The Hall–Kier alpha value is -3.15. The summed E-state index contributed by atoms with van der Waals surface area (Å²) in [5, 5.41) is 0. The van der Waals surface area contributed by atoms with Crippen LogP contribution >= 0.6 is 0 Å². The van der Waals surface area contributed by atoms with Crippen LogP contribution < -0.4 is 9.47 Å². The summed E-state index contributed by atoms with van der Waals surface area (Å²) in [5.41, 5.74) is 2.26. The molecule has 0 aliphatic carbocycles. The van der Waals surface area contributed by atoms with Crippen molar-refractivity contribution in [3.05, 3.63) is 95.6 Å². The molecule has 1 unspecified atom stereocenters. The van der Waals surface area contributed by atoms with Crippen LogP contribution in [0, 0.1) is 0 Å². The van der Waals surface area contributed by atoms with E-state index < -0.39 is 12.2 Å². The molecular formula is C25H26O5. The van der Waals surface area contributed by atoms with Gasteiger partial charge in [-0.05, 0) is 23.3 Å². The number of hydrogen-bond acceptors (Lipinski definition) is 5. The molecular weight excluding hydrogens is 380 g/mol. The zero-order chi connectivity index (χ0) is 21.3. The van der Waals surface area contributed by atoms with Crippen molar-refractivity contribution in [1.82, 2.24) is 0 Å². The molecule has 30 heavy (non-hydrogen) atoms. The number of carbonyl (C=O) groups excluding carboxylic acids is 1. The summed E-state index contributed by atoms with van der Waals surface area (Å²) in [5.74, 6) is 0.269. The minimum absolute atomic E-state index is 0.152. The first-order valence-corrected chi connectivity index (χ1v) is 9.67. The number of rotatable bonds is 10. The lowest BCUT2D eigenvalue weighted by Crippen LogP contribution is -2.30. The third kappa shape index (κ3) is 5.06. The second kappa shape index (κ2) is 10.6. The Kier molecular flexibility index (Phi) is 7.60. The molecule has 1 atom stereocenters. The van der Waals surface area contributed by atoms with Crippen LogP contribution in [0.1, 0.15) is 27.4 Å². The average molecular weight is 406 g/mol. The summed E-state index contributed by atoms with van der Waals surface area (Å²) in [4.78, 5) is 13.7. The van der Waals surface area contributed by atoms with Crippen LogP contribution in [0.2, 0.25) is 0 Å². The fourth-order valence-electron chi connectivity index (χ4n) is 3.32. The van der Waals surface area contributed by atoms with Gasteiger partial charge in [-0.3, -0.25) is 4.79 Å². The summed E-state index contributed by atoms with van der Waals surface area (Å²) in [7, 11) is 4.63. The number of Topliss-reactive ketones (excluding diaryl/α,β-unsaturated/α-hetero) is 1. The fourth-order valence-corrected chi connectivity index (χ4v) is 3.32. The maximum absolute atomic E-state index is 13.7. The van der Waals surface area contributed by atoms with Gasteiger partial charge in [0.25, 0.3) is 0 Å². The summed E-state index contributed by atoms with van der Waals surface area (Å²) >= 11 is 0. The molecule has 5 heteroatoms. The van der Waals surface area contributed by atoms with Crippen molar-refractivity contribution >= 4 is 5.78 Å². The first-order chi connectivity index (χ1) is 14.7. The van der Waals surface area contributed by atoms with Gasteiger partial charge in [0.1, 0.15) is 18.1 Å². The van der Waals surface area contributed by atoms with Crippen LogP contribution in [0.5, 0.6) is 11.5 Å². The molecule has 0 fully saturated rings. The molecule has 0 amide bonds. The van der Waals surface area contributed by atoms with Crippen LogP contribution in [0.3, 0.4) is 0 Å². The lowest BCUT2D eigenvalue weighted by molar-refractivity contribution is -0.110. The molecule has 3 aromatic carbocycles. The van der Waals surface area contributed by atoms with Gasteiger partial charge in [-0.25, -0.2) is 0 Å². The number of hydrogen-bond donors (Lipinski definition) is 0. The highest BCUT2D eigenvalue weighted by Crippen LogP contribution is 2.33. The quantitative estimate of drug-likeness (QED) is 0.356. The molecule has 156 valence electrons. The SMILES string of the molecule is COc1ccc(C(=O)C(c2ccccc2)C(OC)OC)c(OCc2ccccc2)c1. The largest absolute Gasteiger partial charge is 0.497 e. The van der Waals surface area contributed by atoms with E-state index in [4.69, 9.17) is 18.9 Å². The molecule has 3 aromatic rings. The third-order valence-corrected chi connectivity index (χ3v) is 4.87. The predicted molar refractivity (Wildman–Crippen MR) is 115 cm³/mol. The fraction of sp³-hybridized carbons (Fsp3) is 0.240. The molecule has 0 radical (unpaired) electrons. The van der Waals surface area contributed by atoms with Crippen molar-refractivity contribution in [2.24, 2.45) is 0 Å². The summed E-state index contributed by atoms with van der Waals surface area (Å²) in [6.45, 7) is 0.336. The van der Waals surface area contributed by atoms with Crippen LogP contribution in [-0.2, 0) is 16.1 Å². The molecule has 3 rings (SSSR count). The van der Waals surface area contributed by atoms with E-state index in [-0.39, 0.29) is 5.78 Å². The summed E-state index contributed by atoms with van der Waals surface area (Å²) in [6.07, 6.45) is -0.732. The molecule has 0 bridgehead atoms. The van der Waals surface area contributed by atoms with E-state index in [9.17, 15) is 4.79 Å². The van der Waals surface area contributed by atoms with E-state index in [1.54, 1.807) is 25.3 Å². The smallest absolute Gasteiger partial charge is 0.179 e. The molecule has 0 spiro atoms. The van der Waals surface area contributed by atoms with Crippen molar-refractivity contribution in [3.8, 4) is 11.5 Å². The van der Waals surface area contributed by atoms with Gasteiger partial charge in [-0.2, -0.15) is 0 Å². The van der Waals surface area contributed by atoms with Gasteiger partial charge >= 0.3 is 0 Å². The van der Waals surface area contributed by atoms with Crippen molar-refractivity contribution in [3.63, 3.8) is 0 Å². The molecule has 0 aromatic heterocycles. The normalized spacial score (nSPS) is 11.9. The highest BCUT2D eigenvalue weighted by molar-refractivity contribution is 6.03. The number of benzene rings is 3. The summed E-state index contributed by atoms with van der Waals surface area (Å²) in [6, 6.07) is 24.5. The molecule has 0 aliphatic rings. The van der Waals surface area contributed by atoms with Gasteiger partial charge in [0.15, 0.2) is 12.1 Å². The maximum Gasteiger partial charge on any atom is 0.179 e. The van der Waals surface area contributed by atoms with E-state index >= 15 is 0 Å². The first-order valence-electron chi connectivity index (χ1n) is 9.67. The third-order valence-electron chi connectivity index (χ3n) is 4.87. The first kappa shape index (κ1) is 21.6. The molecule has 0 heterocycles.